The summed E-state index contributed by atoms with van der Waals surface area (Å²) in [7, 11) is 0. The first kappa shape index (κ1) is 7.09. The molecule has 0 atom stereocenters. The molecule has 1 aromatic carbocycles. The number of aryl methyl sites for hydroxylation is 1. The van der Waals surface area contributed by atoms with Crippen molar-refractivity contribution in [2.75, 3.05) is 0 Å². The van der Waals surface area contributed by atoms with Gasteiger partial charge in [0.15, 0.2) is 0 Å². The maximum absolute atomic E-state index is 9.12. The number of aromatic hydroxyl groups is 1. The van der Waals surface area contributed by atoms with Gasteiger partial charge in [0.2, 0.25) is 0 Å². The molecule has 0 radical (unpaired) electrons. The Morgan fingerprint density at radius 2 is 2.10 bits per heavy atom. The summed E-state index contributed by atoms with van der Waals surface area (Å²) in [5.41, 5.74) is 1.57. The van der Waals surface area contributed by atoms with Gasteiger partial charge in [-0.2, -0.15) is 0 Å². The molecule has 10 heavy (non-hydrogen) atoms. The van der Waals surface area contributed by atoms with E-state index in [0.717, 1.165) is 11.1 Å². The van der Waals surface area contributed by atoms with Crippen LogP contribution in [0.15, 0.2) is 18.2 Å². The lowest BCUT2D eigenvalue weighted by Gasteiger charge is -1.99. The molecule has 0 saturated heterocycles. The number of aliphatic hydroxyl groups excluding tert-OH is 1. The minimum atomic E-state index is -0.0200. The average Bonchev–Trinajstić information content (AvgIpc) is 1.95. The first-order valence-corrected chi connectivity index (χ1v) is 3.13. The second-order valence-corrected chi connectivity index (χ2v) is 2.28. The Balaban J connectivity index is 3.04. The molecule has 2 N–H and O–H groups in total. The van der Waals surface area contributed by atoms with Gasteiger partial charge in [0.25, 0.3) is 0 Å². The van der Waals surface area contributed by atoms with E-state index in [1.165, 1.54) is 0 Å². The number of rotatable bonds is 1. The second kappa shape index (κ2) is 2.71. The molecule has 0 unspecified atom stereocenters. The van der Waals surface area contributed by atoms with Crippen LogP contribution in [0.5, 0.6) is 5.75 Å². The summed E-state index contributed by atoms with van der Waals surface area (Å²) in [6.45, 7) is 1.80. The molecule has 0 bridgehead atoms. The first-order valence-electron chi connectivity index (χ1n) is 3.13. The Labute approximate surface area is 59.7 Å². The highest BCUT2D eigenvalue weighted by atomic mass is 16.3. The Morgan fingerprint density at radius 1 is 1.40 bits per heavy atom. The zero-order valence-corrected chi connectivity index (χ0v) is 5.83. The van der Waals surface area contributed by atoms with Gasteiger partial charge in [-0.05, 0) is 24.1 Å². The fourth-order valence-corrected chi connectivity index (χ4v) is 0.753. The van der Waals surface area contributed by atoms with E-state index in [-0.39, 0.29) is 12.4 Å². The Kier molecular flexibility index (Phi) is 1.92. The molecule has 54 valence electrons. The van der Waals surface area contributed by atoms with E-state index in [1.807, 2.05) is 6.92 Å². The molecule has 2 heteroatoms. The van der Waals surface area contributed by atoms with Crippen molar-refractivity contribution in [1.29, 1.82) is 0 Å². The standard InChI is InChI=1S/C8H10O2/c1-6-2-3-7(5-9)4-8(6)10/h2-4,9-10H,5H2,1H3. The maximum atomic E-state index is 9.12. The summed E-state index contributed by atoms with van der Waals surface area (Å²) in [5.74, 6) is 0.242. The van der Waals surface area contributed by atoms with Crippen LogP contribution in [0.25, 0.3) is 0 Å². The quantitative estimate of drug-likeness (QED) is 0.612. The van der Waals surface area contributed by atoms with Crippen molar-refractivity contribution in [2.45, 2.75) is 13.5 Å². The lowest BCUT2D eigenvalue weighted by atomic mass is 10.1. The first-order chi connectivity index (χ1) is 4.74. The molecule has 0 saturated carbocycles. The van der Waals surface area contributed by atoms with E-state index in [0.29, 0.717) is 0 Å². The average molecular weight is 138 g/mol. The van der Waals surface area contributed by atoms with Crippen LogP contribution in [0.4, 0.5) is 0 Å². The van der Waals surface area contributed by atoms with E-state index >= 15 is 0 Å². The van der Waals surface area contributed by atoms with Crippen molar-refractivity contribution in [1.82, 2.24) is 0 Å². The molecule has 1 aromatic rings. The van der Waals surface area contributed by atoms with E-state index in [2.05, 4.69) is 0 Å². The van der Waals surface area contributed by atoms with E-state index in [9.17, 15) is 0 Å². The van der Waals surface area contributed by atoms with Gasteiger partial charge in [-0.3, -0.25) is 0 Å². The molecular formula is C8H10O2. The fourth-order valence-electron chi connectivity index (χ4n) is 0.753. The molecule has 0 heterocycles. The molecule has 0 aromatic heterocycles. The monoisotopic (exact) mass is 138 g/mol. The predicted molar refractivity (Wildman–Crippen MR) is 38.8 cm³/mol. The van der Waals surface area contributed by atoms with Gasteiger partial charge in [-0.1, -0.05) is 12.1 Å². The lowest BCUT2D eigenvalue weighted by molar-refractivity contribution is 0.281. The van der Waals surface area contributed by atoms with Crippen LogP contribution in [0.3, 0.4) is 0 Å². The molecule has 0 aliphatic rings. The summed E-state index contributed by atoms with van der Waals surface area (Å²) in [5, 5.41) is 17.8. The third-order valence-corrected chi connectivity index (χ3v) is 1.46. The lowest BCUT2D eigenvalue weighted by Crippen LogP contribution is -1.82. The van der Waals surface area contributed by atoms with Crippen molar-refractivity contribution < 1.29 is 10.2 Å². The van der Waals surface area contributed by atoms with Crippen LogP contribution in [-0.2, 0) is 6.61 Å². The van der Waals surface area contributed by atoms with Crippen molar-refractivity contribution in [3.05, 3.63) is 29.3 Å². The molecule has 2 nitrogen and oxygen atoms in total. The highest BCUT2D eigenvalue weighted by Gasteiger charge is 1.95. The molecular weight excluding hydrogens is 128 g/mol. The van der Waals surface area contributed by atoms with Crippen LogP contribution in [0, 0.1) is 6.92 Å². The van der Waals surface area contributed by atoms with Crippen LogP contribution in [-0.4, -0.2) is 10.2 Å². The largest absolute Gasteiger partial charge is 0.508 e. The Bertz CT molecular complexity index is 231. The van der Waals surface area contributed by atoms with Crippen molar-refractivity contribution >= 4 is 0 Å². The number of hydrogen-bond donors (Lipinski definition) is 2. The van der Waals surface area contributed by atoms with E-state index < -0.39 is 0 Å². The number of benzene rings is 1. The minimum Gasteiger partial charge on any atom is -0.508 e. The summed E-state index contributed by atoms with van der Waals surface area (Å²) in [4.78, 5) is 0. The fraction of sp³-hybridized carbons (Fsp3) is 0.250. The summed E-state index contributed by atoms with van der Waals surface area (Å²) in [6.07, 6.45) is 0. The summed E-state index contributed by atoms with van der Waals surface area (Å²) in [6, 6.07) is 5.13. The van der Waals surface area contributed by atoms with Crippen molar-refractivity contribution in [3.8, 4) is 5.75 Å². The third kappa shape index (κ3) is 1.28. The van der Waals surface area contributed by atoms with Gasteiger partial charge in [0.05, 0.1) is 6.61 Å². The van der Waals surface area contributed by atoms with Crippen molar-refractivity contribution in [2.24, 2.45) is 0 Å². The van der Waals surface area contributed by atoms with Crippen LogP contribution >= 0.6 is 0 Å². The molecule has 0 aliphatic heterocycles. The molecule has 0 spiro atoms. The van der Waals surface area contributed by atoms with Gasteiger partial charge in [0.1, 0.15) is 5.75 Å². The van der Waals surface area contributed by atoms with Crippen LogP contribution < -0.4 is 0 Å². The van der Waals surface area contributed by atoms with Gasteiger partial charge in [-0.25, -0.2) is 0 Å². The zero-order chi connectivity index (χ0) is 7.56. The van der Waals surface area contributed by atoms with Gasteiger partial charge in [-0.15, -0.1) is 0 Å². The zero-order valence-electron chi connectivity index (χ0n) is 5.83. The predicted octanol–water partition coefficient (Wildman–Crippen LogP) is 1.19. The van der Waals surface area contributed by atoms with Gasteiger partial charge in [0, 0.05) is 0 Å². The van der Waals surface area contributed by atoms with Crippen LogP contribution in [0.1, 0.15) is 11.1 Å². The molecule has 1 rings (SSSR count). The SMILES string of the molecule is Cc1ccc(CO)cc1O. The summed E-state index contributed by atoms with van der Waals surface area (Å²) < 4.78 is 0. The second-order valence-electron chi connectivity index (χ2n) is 2.28. The molecule has 0 fully saturated rings. The Hall–Kier alpha value is -1.02. The number of aliphatic hydroxyl groups is 1. The van der Waals surface area contributed by atoms with Crippen LogP contribution in [0.2, 0.25) is 0 Å². The van der Waals surface area contributed by atoms with Gasteiger partial charge >= 0.3 is 0 Å². The third-order valence-electron chi connectivity index (χ3n) is 1.46. The maximum Gasteiger partial charge on any atom is 0.118 e. The smallest absolute Gasteiger partial charge is 0.118 e. The van der Waals surface area contributed by atoms with Crippen molar-refractivity contribution in [3.63, 3.8) is 0 Å². The summed E-state index contributed by atoms with van der Waals surface area (Å²) >= 11 is 0. The minimum absolute atomic E-state index is 0.0200. The van der Waals surface area contributed by atoms with Gasteiger partial charge < -0.3 is 10.2 Å². The number of phenolic OH excluding ortho intramolecular Hbond substituents is 1. The molecule has 0 aliphatic carbocycles. The Morgan fingerprint density at radius 3 is 2.60 bits per heavy atom. The normalized spacial score (nSPS) is 9.80. The highest BCUT2D eigenvalue weighted by molar-refractivity contribution is 5.34. The number of hydrogen-bond acceptors (Lipinski definition) is 2. The van der Waals surface area contributed by atoms with E-state index in [4.69, 9.17) is 10.2 Å². The number of phenols is 1. The highest BCUT2D eigenvalue weighted by Crippen LogP contribution is 2.16. The van der Waals surface area contributed by atoms with E-state index in [1.54, 1.807) is 18.2 Å². The topological polar surface area (TPSA) is 40.5 Å². The molecule has 0 amide bonds.